The fraction of sp³-hybridized carbons (Fsp3) is 0.286. The van der Waals surface area contributed by atoms with Gasteiger partial charge in [-0.2, -0.15) is 0 Å². The zero-order chi connectivity index (χ0) is 18.6. The Balaban J connectivity index is 1.61. The Labute approximate surface area is 158 Å². The molecule has 1 fully saturated rings. The first-order valence-electron chi connectivity index (χ1n) is 9.17. The van der Waals surface area contributed by atoms with Crippen LogP contribution in [0.2, 0.25) is 0 Å². The summed E-state index contributed by atoms with van der Waals surface area (Å²) in [5.41, 5.74) is 4.33. The number of aliphatic imine (C=N–C) groups is 1. The molecule has 1 N–H and O–H groups in total. The van der Waals surface area contributed by atoms with Crippen LogP contribution in [-0.4, -0.2) is 41.6 Å². The molecule has 3 heterocycles. The van der Waals surface area contributed by atoms with E-state index >= 15 is 0 Å². The monoisotopic (exact) mass is 361 g/mol. The number of rotatable bonds is 3. The molecule has 0 spiro atoms. The number of guanidine groups is 1. The number of nitrogens with one attached hydrogen (secondary N) is 1. The Morgan fingerprint density at radius 2 is 2.11 bits per heavy atom. The van der Waals surface area contributed by atoms with Crippen LogP contribution in [0, 0.1) is 6.92 Å². The molecule has 3 aromatic rings. The summed E-state index contributed by atoms with van der Waals surface area (Å²) in [6, 6.07) is 12.7. The summed E-state index contributed by atoms with van der Waals surface area (Å²) in [5.74, 6) is 0.537. The van der Waals surface area contributed by atoms with E-state index in [0.717, 1.165) is 53.8 Å². The lowest BCUT2D eigenvalue weighted by molar-refractivity contribution is 0.0823. The average molecular weight is 361 g/mol. The SMILES string of the molecule is C=N/C(=N\n1ccc(-c2ccc3ncccc3c2)c1C)NC1CCOCC1. The van der Waals surface area contributed by atoms with Crippen LogP contribution in [0.25, 0.3) is 22.0 Å². The van der Waals surface area contributed by atoms with Gasteiger partial charge in [-0.1, -0.05) is 12.1 Å². The number of hydrogen-bond acceptors (Lipinski definition) is 3. The van der Waals surface area contributed by atoms with Gasteiger partial charge in [-0.05, 0) is 56.3 Å². The van der Waals surface area contributed by atoms with Crippen molar-refractivity contribution in [3.63, 3.8) is 0 Å². The highest BCUT2D eigenvalue weighted by Gasteiger charge is 2.15. The van der Waals surface area contributed by atoms with Crippen LogP contribution in [0.1, 0.15) is 18.5 Å². The summed E-state index contributed by atoms with van der Waals surface area (Å²) >= 11 is 0. The zero-order valence-corrected chi connectivity index (χ0v) is 15.4. The average Bonchev–Trinajstić information content (AvgIpc) is 3.08. The van der Waals surface area contributed by atoms with Gasteiger partial charge in [-0.15, -0.1) is 5.10 Å². The third kappa shape index (κ3) is 3.75. The first kappa shape index (κ1) is 17.4. The lowest BCUT2D eigenvalue weighted by Crippen LogP contribution is -2.38. The second-order valence-corrected chi connectivity index (χ2v) is 6.68. The first-order chi connectivity index (χ1) is 13.2. The lowest BCUT2D eigenvalue weighted by Gasteiger charge is -2.23. The Morgan fingerprint density at radius 3 is 2.93 bits per heavy atom. The predicted molar refractivity (Wildman–Crippen MR) is 109 cm³/mol. The summed E-state index contributed by atoms with van der Waals surface area (Å²) in [6.45, 7) is 7.25. The van der Waals surface area contributed by atoms with Gasteiger partial charge in [0.15, 0.2) is 0 Å². The molecule has 0 aliphatic carbocycles. The van der Waals surface area contributed by atoms with Crippen LogP contribution in [0.15, 0.2) is 58.9 Å². The number of benzene rings is 1. The van der Waals surface area contributed by atoms with Gasteiger partial charge in [0.1, 0.15) is 0 Å². The maximum absolute atomic E-state index is 5.40. The normalized spacial score (nSPS) is 15.8. The van der Waals surface area contributed by atoms with Gasteiger partial charge in [0.05, 0.1) is 5.52 Å². The van der Waals surface area contributed by atoms with Gasteiger partial charge >= 0.3 is 0 Å². The summed E-state index contributed by atoms with van der Waals surface area (Å²) in [6.07, 6.45) is 5.67. The molecule has 1 aromatic carbocycles. The smallest absolute Gasteiger partial charge is 0.240 e. The van der Waals surface area contributed by atoms with Crippen LogP contribution >= 0.6 is 0 Å². The molecule has 0 bridgehead atoms. The van der Waals surface area contributed by atoms with Gasteiger partial charge in [-0.25, -0.2) is 9.67 Å². The molecule has 6 nitrogen and oxygen atoms in total. The van der Waals surface area contributed by atoms with E-state index in [-0.39, 0.29) is 0 Å². The van der Waals surface area contributed by atoms with Crippen molar-refractivity contribution in [3.8, 4) is 11.1 Å². The molecule has 0 unspecified atom stereocenters. The highest BCUT2D eigenvalue weighted by atomic mass is 16.5. The van der Waals surface area contributed by atoms with Gasteiger partial charge in [-0.3, -0.25) is 4.98 Å². The summed E-state index contributed by atoms with van der Waals surface area (Å²) in [7, 11) is 0. The molecule has 1 aliphatic rings. The number of hydrogen-bond donors (Lipinski definition) is 1. The van der Waals surface area contributed by atoms with E-state index in [2.05, 4.69) is 58.3 Å². The largest absolute Gasteiger partial charge is 0.381 e. The van der Waals surface area contributed by atoms with Crippen molar-refractivity contribution in [2.45, 2.75) is 25.8 Å². The zero-order valence-electron chi connectivity index (χ0n) is 15.4. The van der Waals surface area contributed by atoms with Gasteiger partial charge in [0, 0.05) is 48.3 Å². The fourth-order valence-corrected chi connectivity index (χ4v) is 3.39. The predicted octanol–water partition coefficient (Wildman–Crippen LogP) is 3.60. The topological polar surface area (TPSA) is 63.8 Å². The van der Waals surface area contributed by atoms with Crippen molar-refractivity contribution < 1.29 is 4.74 Å². The summed E-state index contributed by atoms with van der Waals surface area (Å²) in [4.78, 5) is 8.45. The lowest BCUT2D eigenvalue weighted by atomic mass is 10.0. The van der Waals surface area contributed by atoms with Crippen LogP contribution in [0.5, 0.6) is 0 Å². The molecule has 27 heavy (non-hydrogen) atoms. The third-order valence-corrected chi connectivity index (χ3v) is 4.94. The standard InChI is InChI=1S/C21H23N5O/c1-15-19(16-5-6-20-17(14-16)4-3-10-23-20)7-11-26(15)25-21(22-2)24-18-8-12-27-13-9-18/h3-7,10-11,14,18H,2,8-9,12-13H2,1H3,(H,24,25). The second kappa shape index (κ2) is 7.72. The van der Waals surface area contributed by atoms with Gasteiger partial charge < -0.3 is 10.1 Å². The molecule has 1 aliphatic heterocycles. The van der Waals surface area contributed by atoms with Crippen LogP contribution in [0.4, 0.5) is 0 Å². The third-order valence-electron chi connectivity index (χ3n) is 4.94. The molecule has 0 radical (unpaired) electrons. The fourth-order valence-electron chi connectivity index (χ4n) is 3.39. The second-order valence-electron chi connectivity index (χ2n) is 6.68. The molecule has 0 atom stereocenters. The number of aromatic nitrogens is 2. The van der Waals surface area contributed by atoms with E-state index in [1.165, 1.54) is 0 Å². The van der Waals surface area contributed by atoms with Crippen LogP contribution in [0.3, 0.4) is 0 Å². The van der Waals surface area contributed by atoms with Crippen LogP contribution in [-0.2, 0) is 4.74 Å². The molecule has 6 heteroatoms. The van der Waals surface area contributed by atoms with Gasteiger partial charge in [0.25, 0.3) is 0 Å². The van der Waals surface area contributed by atoms with E-state index < -0.39 is 0 Å². The highest BCUT2D eigenvalue weighted by Crippen LogP contribution is 2.27. The maximum Gasteiger partial charge on any atom is 0.240 e. The molecular formula is C21H23N5O. The van der Waals surface area contributed by atoms with Crippen molar-refractivity contribution in [1.82, 2.24) is 15.0 Å². The Bertz CT molecular complexity index is 985. The number of ether oxygens (including phenoxy) is 1. The van der Waals surface area contributed by atoms with Crippen molar-refractivity contribution in [3.05, 3.63) is 54.5 Å². The molecule has 138 valence electrons. The number of pyridine rings is 1. The first-order valence-corrected chi connectivity index (χ1v) is 9.17. The molecule has 1 saturated heterocycles. The van der Waals surface area contributed by atoms with E-state index in [0.29, 0.717) is 12.0 Å². The molecular weight excluding hydrogens is 338 g/mol. The van der Waals surface area contributed by atoms with Crippen LogP contribution < -0.4 is 5.32 Å². The van der Waals surface area contributed by atoms with E-state index in [9.17, 15) is 0 Å². The summed E-state index contributed by atoms with van der Waals surface area (Å²) < 4.78 is 7.25. The molecule has 0 saturated carbocycles. The van der Waals surface area contributed by atoms with E-state index in [1.54, 1.807) is 0 Å². The van der Waals surface area contributed by atoms with Crippen molar-refractivity contribution in [1.29, 1.82) is 0 Å². The quantitative estimate of drug-likeness (QED) is 0.573. The van der Waals surface area contributed by atoms with E-state index in [1.807, 2.05) is 29.2 Å². The van der Waals surface area contributed by atoms with Gasteiger partial charge in [0.2, 0.25) is 5.96 Å². The minimum atomic E-state index is 0.325. The van der Waals surface area contributed by atoms with Crippen molar-refractivity contribution in [2.24, 2.45) is 10.1 Å². The minimum absolute atomic E-state index is 0.325. The highest BCUT2D eigenvalue weighted by molar-refractivity contribution is 5.86. The van der Waals surface area contributed by atoms with E-state index in [4.69, 9.17) is 4.74 Å². The number of nitrogens with zero attached hydrogens (tertiary/aromatic N) is 4. The molecule has 2 aromatic heterocycles. The minimum Gasteiger partial charge on any atom is -0.381 e. The number of fused-ring (bicyclic) bond motifs is 1. The Kier molecular flexibility index (Phi) is 4.98. The summed E-state index contributed by atoms with van der Waals surface area (Å²) in [5, 5.41) is 9.11. The Hall–Kier alpha value is -2.99. The molecule has 0 amide bonds. The maximum atomic E-state index is 5.40. The van der Waals surface area contributed by atoms with Crippen molar-refractivity contribution in [2.75, 3.05) is 13.2 Å². The Morgan fingerprint density at radius 1 is 1.26 bits per heavy atom. The van der Waals surface area contributed by atoms with Crippen molar-refractivity contribution >= 4 is 23.6 Å². The molecule has 4 rings (SSSR count).